The van der Waals surface area contributed by atoms with Gasteiger partial charge in [0.25, 0.3) is 11.8 Å². The van der Waals surface area contributed by atoms with Gasteiger partial charge in [0.05, 0.1) is 11.1 Å². The second-order valence-corrected chi connectivity index (χ2v) is 4.62. The van der Waals surface area contributed by atoms with E-state index in [1.807, 2.05) is 0 Å². The van der Waals surface area contributed by atoms with E-state index in [2.05, 4.69) is 10.9 Å². The minimum absolute atomic E-state index is 0.370. The molecule has 0 atom stereocenters. The van der Waals surface area contributed by atoms with Crippen LogP contribution < -0.4 is 32.3 Å². The van der Waals surface area contributed by atoms with Crippen molar-refractivity contribution >= 4 is 23.2 Å². The van der Waals surface area contributed by atoms with Crippen molar-refractivity contribution in [3.63, 3.8) is 0 Å². The zero-order valence-corrected chi connectivity index (χ0v) is 12.0. The molecule has 20 heavy (non-hydrogen) atoms. The maximum atomic E-state index is 11.9. The number of carbonyl (C=O) groups is 2. The number of hydrogen-bond donors (Lipinski definition) is 4. The highest BCUT2D eigenvalue weighted by Gasteiger charge is 2.20. The predicted octanol–water partition coefficient (Wildman–Crippen LogP) is -0.974. The first-order valence-electron chi connectivity index (χ1n) is 5.88. The lowest BCUT2D eigenvalue weighted by Crippen LogP contribution is -2.34. The van der Waals surface area contributed by atoms with Crippen LogP contribution in [0.15, 0.2) is 12.1 Å². The number of hydrazine groups is 2. The molecule has 0 aromatic heterocycles. The Hall–Kier alpha value is -2.32. The van der Waals surface area contributed by atoms with E-state index in [4.69, 9.17) is 11.7 Å². The lowest BCUT2D eigenvalue weighted by Gasteiger charge is -2.23. The van der Waals surface area contributed by atoms with Gasteiger partial charge < -0.3 is 9.80 Å². The summed E-state index contributed by atoms with van der Waals surface area (Å²) in [5.41, 5.74) is 6.07. The van der Waals surface area contributed by atoms with Crippen LogP contribution in [0.5, 0.6) is 0 Å². The molecule has 0 heterocycles. The maximum Gasteiger partial charge on any atom is 0.267 e. The van der Waals surface area contributed by atoms with Gasteiger partial charge in [-0.1, -0.05) is 0 Å². The minimum atomic E-state index is -0.434. The van der Waals surface area contributed by atoms with Crippen LogP contribution >= 0.6 is 0 Å². The van der Waals surface area contributed by atoms with E-state index >= 15 is 0 Å². The van der Waals surface area contributed by atoms with Crippen LogP contribution in [0.3, 0.4) is 0 Å². The standard InChI is InChI=1S/C12H20N6O2/c1-17(2)9-5-8(12(20)16-14)10(18(3)4)6-7(9)11(19)15-13/h5-6H,13-14H2,1-4H3,(H,15,19)(H,16,20). The second kappa shape index (κ2) is 6.22. The average molecular weight is 280 g/mol. The quantitative estimate of drug-likeness (QED) is 0.320. The number of amides is 2. The molecule has 1 aromatic carbocycles. The molecule has 0 radical (unpaired) electrons. The van der Waals surface area contributed by atoms with Crippen LogP contribution in [-0.2, 0) is 0 Å². The SMILES string of the molecule is CN(C)c1cc(C(=O)NN)c(N(C)C)cc1C(=O)NN. The normalized spacial score (nSPS) is 9.90. The van der Waals surface area contributed by atoms with Gasteiger partial charge in [-0.25, -0.2) is 11.7 Å². The maximum absolute atomic E-state index is 11.9. The molecule has 8 nitrogen and oxygen atoms in total. The molecule has 0 saturated heterocycles. The highest BCUT2D eigenvalue weighted by molar-refractivity contribution is 6.06. The Morgan fingerprint density at radius 1 is 0.850 bits per heavy atom. The van der Waals surface area contributed by atoms with Crippen molar-refractivity contribution in [1.29, 1.82) is 0 Å². The van der Waals surface area contributed by atoms with E-state index in [1.165, 1.54) is 0 Å². The number of carbonyl (C=O) groups excluding carboxylic acids is 2. The number of nitrogens with two attached hydrogens (primary N) is 2. The van der Waals surface area contributed by atoms with Gasteiger partial charge in [-0.05, 0) is 12.1 Å². The number of anilines is 2. The van der Waals surface area contributed by atoms with E-state index in [0.717, 1.165) is 0 Å². The molecule has 0 saturated carbocycles. The average Bonchev–Trinajstić information content (AvgIpc) is 2.43. The highest BCUT2D eigenvalue weighted by atomic mass is 16.2. The molecule has 8 heteroatoms. The smallest absolute Gasteiger partial charge is 0.267 e. The lowest BCUT2D eigenvalue weighted by molar-refractivity contribution is 0.0943. The first-order chi connectivity index (χ1) is 9.33. The fourth-order valence-corrected chi connectivity index (χ4v) is 1.84. The van der Waals surface area contributed by atoms with E-state index < -0.39 is 11.8 Å². The van der Waals surface area contributed by atoms with Crippen LogP contribution in [0, 0.1) is 0 Å². The fourth-order valence-electron chi connectivity index (χ4n) is 1.84. The van der Waals surface area contributed by atoms with Gasteiger partial charge in [-0.2, -0.15) is 0 Å². The largest absolute Gasteiger partial charge is 0.377 e. The summed E-state index contributed by atoms with van der Waals surface area (Å²) in [7, 11) is 7.06. The van der Waals surface area contributed by atoms with Crippen molar-refractivity contribution in [1.82, 2.24) is 10.9 Å². The molecular weight excluding hydrogens is 260 g/mol. The third-order valence-electron chi connectivity index (χ3n) is 2.83. The molecule has 0 bridgehead atoms. The Bertz CT molecular complexity index is 479. The Morgan fingerprint density at radius 3 is 1.35 bits per heavy atom. The Kier molecular flexibility index (Phi) is 4.89. The van der Waals surface area contributed by atoms with Gasteiger partial charge in [0, 0.05) is 39.6 Å². The third-order valence-corrected chi connectivity index (χ3v) is 2.83. The van der Waals surface area contributed by atoms with Crippen molar-refractivity contribution in [2.75, 3.05) is 38.0 Å². The Balaban J connectivity index is 3.59. The van der Waals surface area contributed by atoms with Gasteiger partial charge >= 0.3 is 0 Å². The van der Waals surface area contributed by atoms with E-state index in [-0.39, 0.29) is 0 Å². The first-order valence-corrected chi connectivity index (χ1v) is 5.88. The summed E-state index contributed by atoms with van der Waals surface area (Å²) in [6.07, 6.45) is 0. The minimum Gasteiger partial charge on any atom is -0.377 e. The number of nitrogens with zero attached hydrogens (tertiary/aromatic N) is 2. The van der Waals surface area contributed by atoms with Gasteiger partial charge in [0.1, 0.15) is 0 Å². The van der Waals surface area contributed by atoms with Crippen molar-refractivity contribution in [3.05, 3.63) is 23.3 Å². The molecule has 6 N–H and O–H groups in total. The number of benzene rings is 1. The number of hydrogen-bond acceptors (Lipinski definition) is 6. The first kappa shape index (κ1) is 15.7. The summed E-state index contributed by atoms with van der Waals surface area (Å²) >= 11 is 0. The summed E-state index contributed by atoms with van der Waals surface area (Å²) in [6, 6.07) is 3.20. The Labute approximate surface area is 117 Å². The molecule has 0 aliphatic heterocycles. The van der Waals surface area contributed by atoms with E-state index in [0.29, 0.717) is 22.5 Å². The molecular formula is C12H20N6O2. The number of nitrogen functional groups attached to an aromatic ring is 2. The number of nitrogens with one attached hydrogen (secondary N) is 2. The lowest BCUT2D eigenvalue weighted by atomic mass is 10.0. The summed E-state index contributed by atoms with van der Waals surface area (Å²) in [4.78, 5) is 27.2. The van der Waals surface area contributed by atoms with Crippen molar-refractivity contribution in [3.8, 4) is 0 Å². The molecule has 0 fully saturated rings. The summed E-state index contributed by atoms with van der Waals surface area (Å²) in [6.45, 7) is 0. The summed E-state index contributed by atoms with van der Waals surface area (Å²) < 4.78 is 0. The molecule has 1 rings (SSSR count). The zero-order valence-electron chi connectivity index (χ0n) is 12.0. The van der Waals surface area contributed by atoms with Gasteiger partial charge in [-0.15, -0.1) is 0 Å². The van der Waals surface area contributed by atoms with Crippen molar-refractivity contribution < 1.29 is 9.59 Å². The van der Waals surface area contributed by atoms with Crippen LogP contribution in [0.4, 0.5) is 11.4 Å². The third kappa shape index (κ3) is 2.98. The van der Waals surface area contributed by atoms with Crippen molar-refractivity contribution in [2.45, 2.75) is 0 Å². The Morgan fingerprint density at radius 2 is 1.15 bits per heavy atom. The monoisotopic (exact) mass is 280 g/mol. The van der Waals surface area contributed by atoms with E-state index in [9.17, 15) is 9.59 Å². The topological polar surface area (TPSA) is 117 Å². The molecule has 0 unspecified atom stereocenters. The van der Waals surface area contributed by atoms with Gasteiger partial charge in [0.2, 0.25) is 0 Å². The van der Waals surface area contributed by atoms with Crippen LogP contribution in [-0.4, -0.2) is 40.0 Å². The van der Waals surface area contributed by atoms with Crippen molar-refractivity contribution in [2.24, 2.45) is 11.7 Å². The zero-order chi connectivity index (χ0) is 15.4. The molecule has 2 amide bonds. The molecule has 0 aliphatic rings. The predicted molar refractivity (Wildman–Crippen MR) is 78.4 cm³/mol. The van der Waals surface area contributed by atoms with Gasteiger partial charge in [0.15, 0.2) is 0 Å². The van der Waals surface area contributed by atoms with Crippen LogP contribution in [0.2, 0.25) is 0 Å². The van der Waals surface area contributed by atoms with Crippen LogP contribution in [0.1, 0.15) is 20.7 Å². The molecule has 0 aliphatic carbocycles. The van der Waals surface area contributed by atoms with E-state index in [1.54, 1.807) is 50.1 Å². The second-order valence-electron chi connectivity index (χ2n) is 4.62. The summed E-state index contributed by atoms with van der Waals surface area (Å²) in [5.74, 6) is 9.52. The van der Waals surface area contributed by atoms with Crippen LogP contribution in [0.25, 0.3) is 0 Å². The number of rotatable bonds is 4. The highest BCUT2D eigenvalue weighted by Crippen LogP contribution is 2.28. The molecule has 110 valence electrons. The molecule has 1 aromatic rings. The van der Waals surface area contributed by atoms with Gasteiger partial charge in [-0.3, -0.25) is 20.4 Å². The molecule has 0 spiro atoms. The fraction of sp³-hybridized carbons (Fsp3) is 0.333. The summed E-state index contributed by atoms with van der Waals surface area (Å²) in [5, 5.41) is 0.